The minimum absolute atomic E-state index is 0.129. The summed E-state index contributed by atoms with van der Waals surface area (Å²) in [6.07, 6.45) is 2.48. The van der Waals surface area contributed by atoms with Crippen LogP contribution in [0.25, 0.3) is 0 Å². The Balaban J connectivity index is 1.98. The first-order valence-corrected chi connectivity index (χ1v) is 8.35. The molecule has 21 heavy (non-hydrogen) atoms. The lowest BCUT2D eigenvalue weighted by molar-refractivity contribution is 0.154. The third-order valence-corrected chi connectivity index (χ3v) is 4.82. The van der Waals surface area contributed by atoms with Gasteiger partial charge in [0.2, 0.25) is 0 Å². The summed E-state index contributed by atoms with van der Waals surface area (Å²) in [6, 6.07) is 11.3. The predicted molar refractivity (Wildman–Crippen MR) is 90.3 cm³/mol. The summed E-state index contributed by atoms with van der Waals surface area (Å²) < 4.78 is 0. The summed E-state index contributed by atoms with van der Waals surface area (Å²) >= 11 is 0. The highest BCUT2D eigenvalue weighted by Gasteiger charge is 2.25. The molecule has 1 aliphatic rings. The normalized spacial score (nSPS) is 24.5. The summed E-state index contributed by atoms with van der Waals surface area (Å²) in [5.41, 5.74) is 7.73. The Labute approximate surface area is 130 Å². The van der Waals surface area contributed by atoms with Crippen molar-refractivity contribution in [2.45, 2.75) is 38.8 Å². The number of hydrogen-bond donors (Lipinski definition) is 1. The fraction of sp³-hybridized carbons (Fsp3) is 0.667. The van der Waals surface area contributed by atoms with Crippen LogP contribution in [0.3, 0.4) is 0 Å². The number of hydrogen-bond acceptors (Lipinski definition) is 3. The standard InChI is InChI=1S/C18H31N3/c1-4-17-14-20(3)11-8-12-21(17)13-15(2)18(19)16-9-6-5-7-10-16/h5-7,9-10,15,17-18H,4,8,11-14,19H2,1-3H3. The monoisotopic (exact) mass is 289 g/mol. The van der Waals surface area contributed by atoms with Crippen molar-refractivity contribution < 1.29 is 0 Å². The van der Waals surface area contributed by atoms with E-state index >= 15 is 0 Å². The Morgan fingerprint density at radius 2 is 1.95 bits per heavy atom. The van der Waals surface area contributed by atoms with E-state index in [1.54, 1.807) is 0 Å². The van der Waals surface area contributed by atoms with E-state index in [1.807, 2.05) is 0 Å². The zero-order chi connectivity index (χ0) is 15.2. The third kappa shape index (κ3) is 4.53. The smallest absolute Gasteiger partial charge is 0.0333 e. The van der Waals surface area contributed by atoms with Gasteiger partial charge < -0.3 is 10.6 Å². The molecule has 2 rings (SSSR count). The first-order valence-electron chi connectivity index (χ1n) is 8.35. The Morgan fingerprint density at radius 3 is 2.62 bits per heavy atom. The quantitative estimate of drug-likeness (QED) is 0.904. The maximum atomic E-state index is 6.47. The van der Waals surface area contributed by atoms with E-state index in [0.717, 1.165) is 6.54 Å². The highest BCUT2D eigenvalue weighted by molar-refractivity contribution is 5.19. The Kier molecular flexibility index (Phi) is 6.22. The molecule has 118 valence electrons. The zero-order valence-electron chi connectivity index (χ0n) is 13.8. The molecule has 1 saturated heterocycles. The molecule has 0 amide bonds. The Hall–Kier alpha value is -0.900. The maximum absolute atomic E-state index is 6.47. The maximum Gasteiger partial charge on any atom is 0.0333 e. The molecule has 3 unspecified atom stereocenters. The van der Waals surface area contributed by atoms with E-state index < -0.39 is 0 Å². The van der Waals surface area contributed by atoms with Crippen LogP contribution in [0.15, 0.2) is 30.3 Å². The van der Waals surface area contributed by atoms with Crippen LogP contribution in [-0.2, 0) is 0 Å². The van der Waals surface area contributed by atoms with E-state index in [2.05, 4.69) is 61.0 Å². The molecule has 0 saturated carbocycles. The predicted octanol–water partition coefficient (Wildman–Crippen LogP) is 2.74. The van der Waals surface area contributed by atoms with Crippen molar-refractivity contribution in [3.05, 3.63) is 35.9 Å². The van der Waals surface area contributed by atoms with Crippen molar-refractivity contribution in [1.29, 1.82) is 0 Å². The lowest BCUT2D eigenvalue weighted by Crippen LogP contribution is -2.43. The molecular formula is C18H31N3. The number of benzene rings is 1. The summed E-state index contributed by atoms with van der Waals surface area (Å²) in [5.74, 6) is 0.477. The molecule has 1 aromatic carbocycles. The van der Waals surface area contributed by atoms with Gasteiger partial charge in [0.1, 0.15) is 0 Å². The number of nitrogens with two attached hydrogens (primary N) is 1. The lowest BCUT2D eigenvalue weighted by atomic mass is 9.94. The van der Waals surface area contributed by atoms with Crippen molar-refractivity contribution in [3.63, 3.8) is 0 Å². The van der Waals surface area contributed by atoms with Crippen LogP contribution in [-0.4, -0.2) is 49.1 Å². The van der Waals surface area contributed by atoms with Gasteiger partial charge in [0.05, 0.1) is 0 Å². The van der Waals surface area contributed by atoms with Gasteiger partial charge >= 0.3 is 0 Å². The van der Waals surface area contributed by atoms with E-state index in [0.29, 0.717) is 12.0 Å². The highest BCUT2D eigenvalue weighted by atomic mass is 15.2. The fourth-order valence-electron chi connectivity index (χ4n) is 3.41. The van der Waals surface area contributed by atoms with Gasteiger partial charge in [-0.15, -0.1) is 0 Å². The lowest BCUT2D eigenvalue weighted by Gasteiger charge is -2.34. The molecule has 1 fully saturated rings. The highest BCUT2D eigenvalue weighted by Crippen LogP contribution is 2.22. The van der Waals surface area contributed by atoms with Crippen LogP contribution < -0.4 is 5.73 Å². The Bertz CT molecular complexity index is 406. The van der Waals surface area contributed by atoms with Crippen molar-refractivity contribution in [3.8, 4) is 0 Å². The van der Waals surface area contributed by atoms with Gasteiger partial charge in [0, 0.05) is 25.2 Å². The minimum Gasteiger partial charge on any atom is -0.324 e. The fourth-order valence-corrected chi connectivity index (χ4v) is 3.41. The van der Waals surface area contributed by atoms with E-state index in [4.69, 9.17) is 5.73 Å². The Morgan fingerprint density at radius 1 is 1.24 bits per heavy atom. The topological polar surface area (TPSA) is 32.5 Å². The van der Waals surface area contributed by atoms with Crippen LogP contribution in [0.5, 0.6) is 0 Å². The molecule has 0 spiro atoms. The van der Waals surface area contributed by atoms with Gasteiger partial charge in [0.15, 0.2) is 0 Å². The summed E-state index contributed by atoms with van der Waals surface area (Å²) in [5, 5.41) is 0. The van der Waals surface area contributed by atoms with Crippen LogP contribution in [0.4, 0.5) is 0 Å². The summed E-state index contributed by atoms with van der Waals surface area (Å²) in [4.78, 5) is 5.13. The molecule has 3 nitrogen and oxygen atoms in total. The molecule has 0 aromatic heterocycles. The second-order valence-corrected chi connectivity index (χ2v) is 6.59. The molecule has 1 aromatic rings. The average molecular weight is 289 g/mol. The zero-order valence-corrected chi connectivity index (χ0v) is 13.8. The van der Waals surface area contributed by atoms with E-state index in [-0.39, 0.29) is 6.04 Å². The molecule has 2 N–H and O–H groups in total. The second-order valence-electron chi connectivity index (χ2n) is 6.59. The molecule has 0 radical (unpaired) electrons. The number of likely N-dealkylation sites (N-methyl/N-ethyl adjacent to an activating group) is 1. The van der Waals surface area contributed by atoms with Crippen LogP contribution >= 0.6 is 0 Å². The molecule has 1 aliphatic heterocycles. The van der Waals surface area contributed by atoms with Gasteiger partial charge in [-0.05, 0) is 44.5 Å². The SMILES string of the molecule is CCC1CN(C)CCCN1CC(C)C(N)c1ccccc1. The van der Waals surface area contributed by atoms with E-state index in [9.17, 15) is 0 Å². The van der Waals surface area contributed by atoms with Crippen molar-refractivity contribution in [2.75, 3.05) is 33.2 Å². The van der Waals surface area contributed by atoms with Gasteiger partial charge in [-0.3, -0.25) is 4.90 Å². The van der Waals surface area contributed by atoms with Gasteiger partial charge in [-0.1, -0.05) is 44.2 Å². The van der Waals surface area contributed by atoms with Crippen LogP contribution in [0.1, 0.15) is 38.3 Å². The van der Waals surface area contributed by atoms with Crippen molar-refractivity contribution in [1.82, 2.24) is 9.80 Å². The molecule has 3 heteroatoms. The number of nitrogens with zero attached hydrogens (tertiary/aromatic N) is 2. The average Bonchev–Trinajstić information content (AvgIpc) is 2.68. The molecule has 0 bridgehead atoms. The summed E-state index contributed by atoms with van der Waals surface area (Å²) in [7, 11) is 2.24. The third-order valence-electron chi connectivity index (χ3n) is 4.82. The van der Waals surface area contributed by atoms with E-state index in [1.165, 1.54) is 38.0 Å². The second kappa shape index (κ2) is 7.92. The first-order chi connectivity index (χ1) is 10.1. The van der Waals surface area contributed by atoms with Crippen LogP contribution in [0.2, 0.25) is 0 Å². The van der Waals surface area contributed by atoms with Gasteiger partial charge in [-0.25, -0.2) is 0 Å². The van der Waals surface area contributed by atoms with Crippen LogP contribution in [0, 0.1) is 5.92 Å². The van der Waals surface area contributed by atoms with Crippen molar-refractivity contribution >= 4 is 0 Å². The van der Waals surface area contributed by atoms with Crippen molar-refractivity contribution in [2.24, 2.45) is 11.7 Å². The van der Waals surface area contributed by atoms with Gasteiger partial charge in [0.25, 0.3) is 0 Å². The molecule has 3 atom stereocenters. The van der Waals surface area contributed by atoms with Gasteiger partial charge in [-0.2, -0.15) is 0 Å². The molecule has 0 aliphatic carbocycles. The summed E-state index contributed by atoms with van der Waals surface area (Å²) in [6.45, 7) is 9.30. The minimum atomic E-state index is 0.129. The number of rotatable bonds is 5. The molecular weight excluding hydrogens is 258 g/mol. The molecule has 1 heterocycles. The largest absolute Gasteiger partial charge is 0.324 e. The first kappa shape index (κ1) is 16.5.